The summed E-state index contributed by atoms with van der Waals surface area (Å²) in [5.74, 6) is -1.43. The van der Waals surface area contributed by atoms with E-state index in [2.05, 4.69) is 4.98 Å². The number of aromatic hydroxyl groups is 1. The van der Waals surface area contributed by atoms with Gasteiger partial charge in [-0.1, -0.05) is 29.5 Å². The number of nitrogens with zero attached hydrogens (tertiary/aromatic N) is 1. The molecule has 33 heavy (non-hydrogen) atoms. The van der Waals surface area contributed by atoms with Crippen molar-refractivity contribution in [2.45, 2.75) is 22.3 Å². The van der Waals surface area contributed by atoms with Gasteiger partial charge in [0.25, 0.3) is 0 Å². The second kappa shape index (κ2) is 7.55. The number of H-pyrrole nitrogens is 1. The number of aromatic nitrogens is 1. The van der Waals surface area contributed by atoms with Gasteiger partial charge in [0.15, 0.2) is 0 Å². The molecule has 3 aromatic rings. The van der Waals surface area contributed by atoms with Gasteiger partial charge in [-0.25, -0.2) is 18.5 Å². The number of thioether (sulfide) groups is 1. The Balaban J connectivity index is 1.64. The molecule has 3 heterocycles. The Hall–Kier alpha value is -2.93. The molecule has 2 aliphatic heterocycles. The third-order valence-corrected chi connectivity index (χ3v) is 9.22. The third-order valence-electron chi connectivity index (χ3n) is 5.95. The first-order chi connectivity index (χ1) is 15.6. The zero-order chi connectivity index (χ0) is 23.5. The number of sulfonamides is 1. The summed E-state index contributed by atoms with van der Waals surface area (Å²) in [4.78, 5) is 43.2. The molecule has 2 aromatic carbocycles. The van der Waals surface area contributed by atoms with Gasteiger partial charge in [-0.05, 0) is 30.3 Å². The van der Waals surface area contributed by atoms with Gasteiger partial charge in [-0.3, -0.25) is 14.4 Å². The highest BCUT2D eigenvalue weighted by molar-refractivity contribution is 7.99. The zero-order valence-corrected chi connectivity index (χ0v) is 19.3. The lowest BCUT2D eigenvalue weighted by Gasteiger charge is -2.38. The maximum absolute atomic E-state index is 13.9. The van der Waals surface area contributed by atoms with Crippen molar-refractivity contribution < 1.29 is 23.1 Å². The van der Waals surface area contributed by atoms with Crippen LogP contribution in [0.3, 0.4) is 0 Å². The third kappa shape index (κ3) is 3.41. The number of para-hydroxylation sites is 1. The number of primary sulfonamides is 1. The van der Waals surface area contributed by atoms with Gasteiger partial charge < -0.3 is 10.1 Å². The molecule has 1 aromatic heterocycles. The molecule has 0 unspecified atom stereocenters. The van der Waals surface area contributed by atoms with Crippen molar-refractivity contribution in [3.05, 3.63) is 68.6 Å². The quantitative estimate of drug-likeness (QED) is 0.462. The van der Waals surface area contributed by atoms with Gasteiger partial charge in [0.05, 0.1) is 21.0 Å². The average molecular weight is 504 g/mol. The summed E-state index contributed by atoms with van der Waals surface area (Å²) < 4.78 is 23.1. The van der Waals surface area contributed by atoms with E-state index < -0.39 is 33.2 Å². The van der Waals surface area contributed by atoms with Crippen molar-refractivity contribution in [3.63, 3.8) is 0 Å². The lowest BCUT2D eigenvalue weighted by atomic mass is 9.70. The van der Waals surface area contributed by atoms with E-state index >= 15 is 0 Å². The number of amides is 2. The van der Waals surface area contributed by atoms with Crippen molar-refractivity contribution in [1.82, 2.24) is 4.98 Å². The highest BCUT2D eigenvalue weighted by Gasteiger charge is 2.60. The summed E-state index contributed by atoms with van der Waals surface area (Å²) in [6.45, 7) is 0. The summed E-state index contributed by atoms with van der Waals surface area (Å²) >= 11 is 2.26. The fourth-order valence-electron chi connectivity index (χ4n) is 4.47. The Kier molecular flexibility index (Phi) is 5.01. The molecule has 4 N–H and O–H groups in total. The first-order valence-corrected chi connectivity index (χ1v) is 13.1. The fourth-order valence-corrected chi connectivity index (χ4v) is 7.54. The van der Waals surface area contributed by atoms with Crippen LogP contribution in [0.4, 0.5) is 5.69 Å². The number of hydrogen-bond acceptors (Lipinski definition) is 8. The number of aromatic amines is 1. The second-order valence-corrected chi connectivity index (χ2v) is 11.5. The van der Waals surface area contributed by atoms with Crippen LogP contribution in [0.25, 0.3) is 0 Å². The molecule has 1 saturated heterocycles. The predicted octanol–water partition coefficient (Wildman–Crippen LogP) is 1.98. The van der Waals surface area contributed by atoms with Gasteiger partial charge in [0, 0.05) is 28.5 Å². The van der Waals surface area contributed by atoms with Crippen molar-refractivity contribution in [2.24, 2.45) is 10.6 Å². The van der Waals surface area contributed by atoms with Gasteiger partial charge in [0.2, 0.25) is 21.8 Å². The normalized spacial score (nSPS) is 22.7. The van der Waals surface area contributed by atoms with Crippen LogP contribution in [0.2, 0.25) is 0 Å². The largest absolute Gasteiger partial charge is 0.508 e. The Morgan fingerprint density at radius 2 is 1.79 bits per heavy atom. The minimum Gasteiger partial charge on any atom is -0.508 e. The van der Waals surface area contributed by atoms with Crippen LogP contribution in [0.15, 0.2) is 63.2 Å². The van der Waals surface area contributed by atoms with Gasteiger partial charge in [-0.15, -0.1) is 11.8 Å². The SMILES string of the molecule is NS(=O)(=O)c1ccc(N2C(=O)C[C@@]3(CSc4[nH]c(=O)sc4[C@H]3c3ccccc3O)C2=O)cc1. The number of thiazole rings is 1. The Morgan fingerprint density at radius 1 is 1.09 bits per heavy atom. The first-order valence-electron chi connectivity index (χ1n) is 9.76. The van der Waals surface area contributed by atoms with E-state index in [9.17, 15) is 27.9 Å². The van der Waals surface area contributed by atoms with E-state index in [1.807, 2.05) is 0 Å². The van der Waals surface area contributed by atoms with Crippen LogP contribution in [0.1, 0.15) is 22.8 Å². The number of rotatable bonds is 3. The first kappa shape index (κ1) is 21.9. The van der Waals surface area contributed by atoms with E-state index in [-0.39, 0.29) is 33.4 Å². The summed E-state index contributed by atoms with van der Waals surface area (Å²) in [5.41, 5.74) is -0.539. The van der Waals surface area contributed by atoms with Crippen molar-refractivity contribution in [1.29, 1.82) is 0 Å². The summed E-state index contributed by atoms with van der Waals surface area (Å²) in [6.07, 6.45) is -0.125. The number of hydrogen-bond donors (Lipinski definition) is 3. The van der Waals surface area contributed by atoms with Crippen molar-refractivity contribution >= 4 is 50.6 Å². The van der Waals surface area contributed by atoms with Crippen LogP contribution >= 0.6 is 23.1 Å². The Morgan fingerprint density at radius 3 is 2.45 bits per heavy atom. The molecule has 0 radical (unpaired) electrons. The topological polar surface area (TPSA) is 151 Å². The van der Waals surface area contributed by atoms with Crippen LogP contribution in [0, 0.1) is 5.41 Å². The number of imide groups is 1. The molecule has 2 atom stereocenters. The molecule has 0 bridgehead atoms. The number of carbonyl (C=O) groups excluding carboxylic acids is 2. The molecule has 170 valence electrons. The van der Waals surface area contributed by atoms with Crippen LogP contribution in [0.5, 0.6) is 5.75 Å². The van der Waals surface area contributed by atoms with Crippen molar-refractivity contribution in [3.8, 4) is 5.75 Å². The number of nitrogens with two attached hydrogens (primary N) is 1. The number of carbonyl (C=O) groups is 2. The lowest BCUT2D eigenvalue weighted by molar-refractivity contribution is -0.125. The summed E-state index contributed by atoms with van der Waals surface area (Å²) in [6, 6.07) is 11.8. The minimum absolute atomic E-state index is 0.0308. The monoisotopic (exact) mass is 503 g/mol. The van der Waals surface area contributed by atoms with E-state index in [0.29, 0.717) is 15.5 Å². The molecular formula is C21H17N3O6S3. The number of nitrogens with one attached hydrogen (secondary N) is 1. The zero-order valence-electron chi connectivity index (χ0n) is 16.8. The predicted molar refractivity (Wildman–Crippen MR) is 123 cm³/mol. The van der Waals surface area contributed by atoms with Crippen LogP contribution < -0.4 is 14.9 Å². The number of phenolic OH excluding ortho intramolecular Hbond substituents is 1. The van der Waals surface area contributed by atoms with Gasteiger partial charge in [0.1, 0.15) is 5.75 Å². The molecule has 2 aliphatic rings. The van der Waals surface area contributed by atoms with E-state index in [1.165, 1.54) is 42.1 Å². The highest BCUT2D eigenvalue weighted by Crippen LogP contribution is 2.58. The van der Waals surface area contributed by atoms with E-state index in [4.69, 9.17) is 5.14 Å². The summed E-state index contributed by atoms with van der Waals surface area (Å²) in [5, 5.41) is 16.4. The molecule has 12 heteroatoms. The molecule has 2 amide bonds. The maximum Gasteiger partial charge on any atom is 0.305 e. The van der Waals surface area contributed by atoms with Crippen LogP contribution in [-0.4, -0.2) is 36.1 Å². The smallest absolute Gasteiger partial charge is 0.305 e. The molecule has 5 rings (SSSR count). The molecular weight excluding hydrogens is 486 g/mol. The second-order valence-electron chi connectivity index (χ2n) is 7.89. The number of phenols is 1. The fraction of sp³-hybridized carbons (Fsp3) is 0.190. The van der Waals surface area contributed by atoms with Gasteiger partial charge >= 0.3 is 4.87 Å². The minimum atomic E-state index is -3.93. The average Bonchev–Trinajstić information content (AvgIpc) is 3.25. The molecule has 0 saturated carbocycles. The molecule has 9 nitrogen and oxygen atoms in total. The lowest BCUT2D eigenvalue weighted by Crippen LogP contribution is -2.43. The molecule has 1 fully saturated rings. The van der Waals surface area contributed by atoms with Crippen LogP contribution in [-0.2, 0) is 19.6 Å². The molecule has 0 aliphatic carbocycles. The van der Waals surface area contributed by atoms with Gasteiger partial charge in [-0.2, -0.15) is 0 Å². The van der Waals surface area contributed by atoms with E-state index in [0.717, 1.165) is 16.2 Å². The van der Waals surface area contributed by atoms with E-state index in [1.54, 1.807) is 18.2 Å². The summed E-state index contributed by atoms with van der Waals surface area (Å²) in [7, 11) is -3.93. The number of benzene rings is 2. The maximum atomic E-state index is 13.9. The number of fused-ring (bicyclic) bond motifs is 1. The standard InChI is InChI=1S/C21H17N3O6S3/c22-33(29,30)12-7-5-11(6-8-12)24-15(26)9-21(19(24)27)10-31-18-17(32-20(28)23-18)16(21)13-3-1-2-4-14(13)25/h1-8,16,25H,9-10H2,(H,23,28)(H2,22,29,30)/t16-,21+/m1/s1. The number of anilines is 1. The van der Waals surface area contributed by atoms with Crippen molar-refractivity contribution in [2.75, 3.05) is 10.7 Å². The highest BCUT2D eigenvalue weighted by atomic mass is 32.2. The Bertz CT molecular complexity index is 1460. The molecule has 1 spiro atoms. The Labute approximate surface area is 196 Å².